The molecular formula is C25H24ClN5O5. The maximum absolute atomic E-state index is 10.9. The summed E-state index contributed by atoms with van der Waals surface area (Å²) in [6.07, 6.45) is 2.11. The van der Waals surface area contributed by atoms with Gasteiger partial charge in [0.25, 0.3) is 0 Å². The molecule has 0 bridgehead atoms. The van der Waals surface area contributed by atoms with E-state index in [1.165, 1.54) is 0 Å². The van der Waals surface area contributed by atoms with Crippen molar-refractivity contribution in [2.24, 2.45) is 0 Å². The summed E-state index contributed by atoms with van der Waals surface area (Å²) in [6, 6.07) is 15.4. The lowest BCUT2D eigenvalue weighted by atomic mass is 9.98. The Labute approximate surface area is 212 Å². The monoisotopic (exact) mass is 509 g/mol. The summed E-state index contributed by atoms with van der Waals surface area (Å²) in [6.45, 7) is -0.344. The van der Waals surface area contributed by atoms with E-state index in [2.05, 4.69) is 20.0 Å². The third-order valence-corrected chi connectivity index (χ3v) is 6.29. The van der Waals surface area contributed by atoms with E-state index in [-0.39, 0.29) is 12.6 Å². The smallest absolute Gasteiger partial charge is 0.327 e. The van der Waals surface area contributed by atoms with Gasteiger partial charge in [-0.2, -0.15) is 4.80 Å². The van der Waals surface area contributed by atoms with Crippen LogP contribution in [0.5, 0.6) is 11.5 Å². The minimum Gasteiger partial charge on any atom is -0.493 e. The number of aryl methyl sites for hydroxylation is 1. The molecule has 186 valence electrons. The highest BCUT2D eigenvalue weighted by Gasteiger charge is 2.33. The summed E-state index contributed by atoms with van der Waals surface area (Å²) in [5.74, 6) is 0.593. The lowest BCUT2D eigenvalue weighted by Crippen LogP contribution is -2.13. The Morgan fingerprint density at radius 1 is 1.14 bits per heavy atom. The molecule has 2 aromatic heterocycles. The first-order chi connectivity index (χ1) is 17.5. The van der Waals surface area contributed by atoms with Gasteiger partial charge < -0.3 is 23.9 Å². The number of aliphatic carboxylic acids is 1. The fraction of sp³-hybridized carbons (Fsp3) is 0.280. The highest BCUT2D eigenvalue weighted by molar-refractivity contribution is 6.30. The molecule has 4 aromatic rings. The molecule has 1 N–H and O–H groups in total. The van der Waals surface area contributed by atoms with Crippen LogP contribution in [0, 0.1) is 0 Å². The first-order valence-corrected chi connectivity index (χ1v) is 11.7. The summed E-state index contributed by atoms with van der Waals surface area (Å²) < 4.78 is 20.2. The number of fused-ring (bicyclic) bond motifs is 3. The van der Waals surface area contributed by atoms with Gasteiger partial charge >= 0.3 is 5.97 Å². The van der Waals surface area contributed by atoms with Crippen LogP contribution in [0.3, 0.4) is 0 Å². The van der Waals surface area contributed by atoms with Gasteiger partial charge in [-0.3, -0.25) is 4.79 Å². The Hall–Kier alpha value is -3.89. The predicted molar refractivity (Wildman–Crippen MR) is 130 cm³/mol. The Morgan fingerprint density at radius 2 is 2.00 bits per heavy atom. The average Bonchev–Trinajstić information content (AvgIpc) is 3.51. The second-order valence-electron chi connectivity index (χ2n) is 8.26. The molecule has 5 rings (SSSR count). The van der Waals surface area contributed by atoms with Gasteiger partial charge in [-0.1, -0.05) is 23.7 Å². The van der Waals surface area contributed by atoms with Crippen LogP contribution < -0.4 is 9.47 Å². The molecule has 0 saturated carbocycles. The van der Waals surface area contributed by atoms with Crippen molar-refractivity contribution in [2.75, 3.05) is 14.2 Å². The number of benzene rings is 2. The van der Waals surface area contributed by atoms with E-state index in [9.17, 15) is 4.79 Å². The SMILES string of the molecule is COc1cccc([C@H]2O[C@H](CCc3nnn(CC(=O)O)n3)c3cccn3-c3ccc(Cl)cc32)c1OC. The third kappa shape index (κ3) is 4.52. The maximum Gasteiger partial charge on any atom is 0.327 e. The number of tetrazole rings is 1. The number of para-hydroxylation sites is 1. The molecule has 0 unspecified atom stereocenters. The summed E-state index contributed by atoms with van der Waals surface area (Å²) in [5, 5.41) is 21.6. The number of halogens is 1. The maximum atomic E-state index is 10.9. The van der Waals surface area contributed by atoms with Crippen molar-refractivity contribution in [1.29, 1.82) is 0 Å². The number of rotatable bonds is 8. The van der Waals surface area contributed by atoms with E-state index in [4.69, 9.17) is 30.9 Å². The van der Waals surface area contributed by atoms with Crippen LogP contribution in [0.4, 0.5) is 0 Å². The number of hydrogen-bond acceptors (Lipinski definition) is 7. The second kappa shape index (κ2) is 10.00. The zero-order valence-electron chi connectivity index (χ0n) is 19.7. The van der Waals surface area contributed by atoms with Crippen molar-refractivity contribution in [3.8, 4) is 17.2 Å². The quantitative estimate of drug-likeness (QED) is 0.379. The number of nitrogens with zero attached hydrogens (tertiary/aromatic N) is 5. The van der Waals surface area contributed by atoms with Crippen molar-refractivity contribution in [1.82, 2.24) is 24.8 Å². The summed E-state index contributed by atoms with van der Waals surface area (Å²) in [4.78, 5) is 12.0. The van der Waals surface area contributed by atoms with Crippen molar-refractivity contribution >= 4 is 17.6 Å². The van der Waals surface area contributed by atoms with Crippen LogP contribution in [0.2, 0.25) is 5.02 Å². The molecule has 11 heteroatoms. The third-order valence-electron chi connectivity index (χ3n) is 6.06. The van der Waals surface area contributed by atoms with E-state index in [1.54, 1.807) is 14.2 Å². The van der Waals surface area contributed by atoms with Gasteiger partial charge in [0.1, 0.15) is 6.10 Å². The average molecular weight is 510 g/mol. The first-order valence-electron chi connectivity index (χ1n) is 11.3. The number of methoxy groups -OCH3 is 2. The summed E-state index contributed by atoms with van der Waals surface area (Å²) >= 11 is 6.44. The number of ether oxygens (including phenoxy) is 3. The minimum absolute atomic E-state index is 0.344. The topological polar surface area (TPSA) is 114 Å². The number of carbonyl (C=O) groups is 1. The lowest BCUT2D eigenvalue weighted by molar-refractivity contribution is -0.138. The van der Waals surface area contributed by atoms with Crippen LogP contribution in [0.1, 0.15) is 41.3 Å². The summed E-state index contributed by atoms with van der Waals surface area (Å²) in [7, 11) is 3.20. The Morgan fingerprint density at radius 3 is 2.78 bits per heavy atom. The highest BCUT2D eigenvalue weighted by Crippen LogP contribution is 2.46. The number of carboxylic acids is 1. The summed E-state index contributed by atoms with van der Waals surface area (Å²) in [5.41, 5.74) is 3.60. The van der Waals surface area contributed by atoms with Crippen LogP contribution in [-0.2, 0) is 22.5 Å². The molecule has 2 atom stereocenters. The molecule has 1 aliphatic heterocycles. The second-order valence-corrected chi connectivity index (χ2v) is 8.70. The van der Waals surface area contributed by atoms with E-state index >= 15 is 0 Å². The number of hydrogen-bond donors (Lipinski definition) is 1. The molecule has 1 aliphatic rings. The molecule has 0 saturated heterocycles. The zero-order chi connectivity index (χ0) is 25.2. The first kappa shape index (κ1) is 23.8. The van der Waals surface area contributed by atoms with Crippen molar-refractivity contribution in [2.45, 2.75) is 31.6 Å². The van der Waals surface area contributed by atoms with Gasteiger partial charge in [0.15, 0.2) is 23.9 Å². The Bertz CT molecular complexity index is 1400. The number of aromatic nitrogens is 5. The van der Waals surface area contributed by atoms with Gasteiger partial charge in [-0.05, 0) is 48.0 Å². The molecule has 0 amide bonds. The van der Waals surface area contributed by atoms with Crippen molar-refractivity contribution < 1.29 is 24.1 Å². The normalized spacial score (nSPS) is 16.6. The molecule has 10 nitrogen and oxygen atoms in total. The van der Waals surface area contributed by atoms with E-state index in [1.807, 2.05) is 54.7 Å². The van der Waals surface area contributed by atoms with E-state index in [0.29, 0.717) is 35.2 Å². The van der Waals surface area contributed by atoms with Gasteiger partial charge in [0.2, 0.25) is 0 Å². The zero-order valence-corrected chi connectivity index (χ0v) is 20.4. The van der Waals surface area contributed by atoms with Crippen LogP contribution in [-0.4, -0.2) is 50.1 Å². The molecule has 3 heterocycles. The standard InChI is InChI=1S/C25H24ClN5O5/c1-34-21-7-3-5-16(25(21)35-2)24-17-13-15(26)8-9-18(17)30-12-4-6-19(30)20(36-24)10-11-22-27-29-31(28-22)14-23(32)33/h3-9,12-13,20,24H,10-11,14H2,1-2H3,(H,32,33)/t20-,24-/m1/s1. The van der Waals surface area contributed by atoms with Crippen LogP contribution in [0.25, 0.3) is 5.69 Å². The fourth-order valence-electron chi connectivity index (χ4n) is 4.54. The van der Waals surface area contributed by atoms with Crippen molar-refractivity contribution in [3.63, 3.8) is 0 Å². The number of carboxylic acid groups (broad SMARTS) is 1. The Kier molecular flexibility index (Phi) is 6.62. The molecule has 0 fully saturated rings. The lowest BCUT2D eigenvalue weighted by Gasteiger charge is -2.25. The molecule has 0 aliphatic carbocycles. The highest BCUT2D eigenvalue weighted by atomic mass is 35.5. The molecule has 0 radical (unpaired) electrons. The molecule has 2 aromatic carbocycles. The molecular weight excluding hydrogens is 486 g/mol. The van der Waals surface area contributed by atoms with Gasteiger partial charge in [0, 0.05) is 28.8 Å². The van der Waals surface area contributed by atoms with Gasteiger partial charge in [-0.15, -0.1) is 10.2 Å². The van der Waals surface area contributed by atoms with Crippen LogP contribution in [0.15, 0.2) is 54.7 Å². The molecule has 36 heavy (non-hydrogen) atoms. The van der Waals surface area contributed by atoms with E-state index in [0.717, 1.165) is 27.3 Å². The van der Waals surface area contributed by atoms with E-state index < -0.39 is 12.1 Å². The van der Waals surface area contributed by atoms with Crippen molar-refractivity contribution in [3.05, 3.63) is 82.4 Å². The largest absolute Gasteiger partial charge is 0.493 e. The van der Waals surface area contributed by atoms with Gasteiger partial charge in [-0.25, -0.2) is 0 Å². The minimum atomic E-state index is -1.03. The van der Waals surface area contributed by atoms with Crippen LogP contribution >= 0.6 is 11.6 Å². The predicted octanol–water partition coefficient (Wildman–Crippen LogP) is 4.01. The van der Waals surface area contributed by atoms with Gasteiger partial charge in [0.05, 0.1) is 31.7 Å². The fourth-order valence-corrected chi connectivity index (χ4v) is 4.72. The Balaban J connectivity index is 1.55. The molecule has 0 spiro atoms.